The van der Waals surface area contributed by atoms with E-state index in [9.17, 15) is 4.79 Å². The second kappa shape index (κ2) is 5.37. The second-order valence-electron chi connectivity index (χ2n) is 4.92. The lowest BCUT2D eigenvalue weighted by Gasteiger charge is -2.25. The molecule has 0 saturated carbocycles. The number of hydrogen-bond acceptors (Lipinski definition) is 3. The van der Waals surface area contributed by atoms with Crippen molar-refractivity contribution in [3.8, 4) is 11.5 Å². The molecule has 0 spiro atoms. The van der Waals surface area contributed by atoms with E-state index in [1.807, 2.05) is 18.2 Å². The Morgan fingerprint density at radius 1 is 1.20 bits per heavy atom. The number of rotatable bonds is 3. The molecule has 1 aliphatic heterocycles. The van der Waals surface area contributed by atoms with Crippen LogP contribution in [0.3, 0.4) is 0 Å². The molecular weight excluding hydrogens is 252 g/mol. The number of benzene rings is 2. The summed E-state index contributed by atoms with van der Waals surface area (Å²) in [6.07, 6.45) is 1.06. The van der Waals surface area contributed by atoms with Crippen molar-refractivity contribution in [2.45, 2.75) is 18.9 Å². The molecule has 0 N–H and O–H groups in total. The second-order valence-corrected chi connectivity index (χ2v) is 4.92. The number of methoxy groups -OCH3 is 1. The lowest BCUT2D eigenvalue weighted by Crippen LogP contribution is -2.28. The van der Waals surface area contributed by atoms with Gasteiger partial charge in [-0.25, -0.2) is 0 Å². The van der Waals surface area contributed by atoms with Crippen molar-refractivity contribution in [2.24, 2.45) is 0 Å². The highest BCUT2D eigenvalue weighted by Gasteiger charge is 2.26. The average molecular weight is 268 g/mol. The summed E-state index contributed by atoms with van der Waals surface area (Å²) in [7, 11) is 1.60. The van der Waals surface area contributed by atoms with Gasteiger partial charge in [-0.1, -0.05) is 30.3 Å². The molecule has 3 heteroatoms. The standard InChI is InChI=1S/C17H16O3/c1-19-13-7-8-15-16(18)10-14(20-17(15)11-13)9-12-5-3-2-4-6-12/h2-8,11,14H,9-10H2,1H3. The van der Waals surface area contributed by atoms with Crippen LogP contribution in [0.2, 0.25) is 0 Å². The van der Waals surface area contributed by atoms with Gasteiger partial charge in [0.15, 0.2) is 5.78 Å². The highest BCUT2D eigenvalue weighted by atomic mass is 16.5. The molecule has 0 aromatic heterocycles. The molecule has 0 fully saturated rings. The lowest BCUT2D eigenvalue weighted by molar-refractivity contribution is 0.0850. The third kappa shape index (κ3) is 2.52. The minimum atomic E-state index is -0.107. The summed E-state index contributed by atoms with van der Waals surface area (Å²) in [5, 5.41) is 0. The third-order valence-electron chi connectivity index (χ3n) is 3.50. The van der Waals surface area contributed by atoms with Crippen LogP contribution in [0.1, 0.15) is 22.3 Å². The number of hydrogen-bond donors (Lipinski definition) is 0. The first-order valence-corrected chi connectivity index (χ1v) is 6.68. The zero-order valence-electron chi connectivity index (χ0n) is 11.3. The molecule has 2 aromatic rings. The molecule has 0 radical (unpaired) electrons. The van der Waals surface area contributed by atoms with E-state index in [2.05, 4.69) is 12.1 Å². The SMILES string of the molecule is COc1ccc2c(c1)OC(Cc1ccccc1)CC2=O. The van der Waals surface area contributed by atoms with Crippen LogP contribution in [0.5, 0.6) is 11.5 Å². The molecule has 3 rings (SSSR count). The Morgan fingerprint density at radius 3 is 2.75 bits per heavy atom. The Hall–Kier alpha value is -2.29. The number of ether oxygens (including phenoxy) is 2. The fraction of sp³-hybridized carbons (Fsp3) is 0.235. The normalized spacial score (nSPS) is 17.2. The van der Waals surface area contributed by atoms with E-state index in [0.717, 1.165) is 6.42 Å². The first-order chi connectivity index (χ1) is 9.76. The maximum atomic E-state index is 12.2. The minimum Gasteiger partial charge on any atom is -0.497 e. The molecule has 1 atom stereocenters. The first-order valence-electron chi connectivity index (χ1n) is 6.68. The summed E-state index contributed by atoms with van der Waals surface area (Å²) in [6.45, 7) is 0. The van der Waals surface area contributed by atoms with Crippen molar-refractivity contribution in [2.75, 3.05) is 7.11 Å². The van der Waals surface area contributed by atoms with Crippen molar-refractivity contribution in [1.82, 2.24) is 0 Å². The maximum Gasteiger partial charge on any atom is 0.170 e. The smallest absolute Gasteiger partial charge is 0.170 e. The van der Waals surface area contributed by atoms with Crippen molar-refractivity contribution in [1.29, 1.82) is 0 Å². The molecule has 0 saturated heterocycles. The van der Waals surface area contributed by atoms with Crippen molar-refractivity contribution in [3.63, 3.8) is 0 Å². The van der Waals surface area contributed by atoms with Crippen LogP contribution in [0.25, 0.3) is 0 Å². The molecule has 3 nitrogen and oxygen atoms in total. The van der Waals surface area contributed by atoms with Gasteiger partial charge in [0.05, 0.1) is 12.7 Å². The van der Waals surface area contributed by atoms with Gasteiger partial charge in [0.2, 0.25) is 0 Å². The summed E-state index contributed by atoms with van der Waals surface area (Å²) in [6, 6.07) is 15.4. The molecule has 102 valence electrons. The molecular formula is C17H16O3. The van der Waals surface area contributed by atoms with Gasteiger partial charge in [0, 0.05) is 18.9 Å². The summed E-state index contributed by atoms with van der Waals surface area (Å²) < 4.78 is 11.1. The van der Waals surface area contributed by atoms with E-state index < -0.39 is 0 Å². The first kappa shape index (κ1) is 12.7. The highest BCUT2D eigenvalue weighted by Crippen LogP contribution is 2.32. The molecule has 1 unspecified atom stereocenters. The quantitative estimate of drug-likeness (QED) is 0.857. The van der Waals surface area contributed by atoms with E-state index in [-0.39, 0.29) is 11.9 Å². The van der Waals surface area contributed by atoms with Gasteiger partial charge >= 0.3 is 0 Å². The maximum absolute atomic E-state index is 12.2. The Kier molecular flexibility index (Phi) is 3.42. The average Bonchev–Trinajstić information content (AvgIpc) is 2.47. The van der Waals surface area contributed by atoms with E-state index in [4.69, 9.17) is 9.47 Å². The van der Waals surface area contributed by atoms with Crippen molar-refractivity contribution < 1.29 is 14.3 Å². The predicted octanol–water partition coefficient (Wildman–Crippen LogP) is 3.27. The Morgan fingerprint density at radius 2 is 2.00 bits per heavy atom. The molecule has 1 heterocycles. The van der Waals surface area contributed by atoms with Gasteiger partial charge in [-0.3, -0.25) is 4.79 Å². The molecule has 0 bridgehead atoms. The Balaban J connectivity index is 1.82. The number of carbonyl (C=O) groups excluding carboxylic acids is 1. The van der Waals surface area contributed by atoms with Crippen LogP contribution in [-0.2, 0) is 6.42 Å². The van der Waals surface area contributed by atoms with E-state index in [1.54, 1.807) is 25.3 Å². The van der Waals surface area contributed by atoms with Crippen molar-refractivity contribution >= 4 is 5.78 Å². The van der Waals surface area contributed by atoms with Crippen LogP contribution in [0.15, 0.2) is 48.5 Å². The van der Waals surface area contributed by atoms with Gasteiger partial charge in [-0.05, 0) is 17.7 Å². The van der Waals surface area contributed by atoms with Crippen molar-refractivity contribution in [3.05, 3.63) is 59.7 Å². The van der Waals surface area contributed by atoms with Gasteiger partial charge in [0.1, 0.15) is 17.6 Å². The van der Waals surface area contributed by atoms with Crippen LogP contribution in [-0.4, -0.2) is 19.0 Å². The van der Waals surface area contributed by atoms with Crippen LogP contribution >= 0.6 is 0 Å². The van der Waals surface area contributed by atoms with E-state index in [1.165, 1.54) is 5.56 Å². The summed E-state index contributed by atoms with van der Waals surface area (Å²) in [5.41, 5.74) is 1.83. The molecule has 0 aliphatic carbocycles. The number of carbonyl (C=O) groups is 1. The summed E-state index contributed by atoms with van der Waals surface area (Å²) >= 11 is 0. The fourth-order valence-corrected chi connectivity index (χ4v) is 2.49. The van der Waals surface area contributed by atoms with Gasteiger partial charge in [-0.2, -0.15) is 0 Å². The molecule has 0 amide bonds. The Bertz CT molecular complexity index is 619. The van der Waals surface area contributed by atoms with Crippen LogP contribution < -0.4 is 9.47 Å². The lowest BCUT2D eigenvalue weighted by atomic mass is 9.96. The Labute approximate surface area is 118 Å². The van der Waals surface area contributed by atoms with Gasteiger partial charge in [0.25, 0.3) is 0 Å². The molecule has 2 aromatic carbocycles. The molecule has 1 aliphatic rings. The minimum absolute atomic E-state index is 0.107. The monoisotopic (exact) mass is 268 g/mol. The zero-order valence-corrected chi connectivity index (χ0v) is 11.3. The summed E-state index contributed by atoms with van der Waals surface area (Å²) in [4.78, 5) is 12.2. The fourth-order valence-electron chi connectivity index (χ4n) is 2.49. The van der Waals surface area contributed by atoms with E-state index in [0.29, 0.717) is 23.5 Å². The number of Topliss-reactive ketones (excluding diaryl/α,β-unsaturated/α-hetero) is 1. The van der Waals surface area contributed by atoms with Crippen LogP contribution in [0.4, 0.5) is 0 Å². The highest BCUT2D eigenvalue weighted by molar-refractivity contribution is 6.00. The summed E-state index contributed by atoms with van der Waals surface area (Å²) in [5.74, 6) is 1.47. The predicted molar refractivity (Wildman–Crippen MR) is 76.5 cm³/mol. The molecule has 20 heavy (non-hydrogen) atoms. The van der Waals surface area contributed by atoms with E-state index >= 15 is 0 Å². The third-order valence-corrected chi connectivity index (χ3v) is 3.50. The number of ketones is 1. The zero-order chi connectivity index (χ0) is 13.9. The topological polar surface area (TPSA) is 35.5 Å². The van der Waals surface area contributed by atoms with Gasteiger partial charge in [-0.15, -0.1) is 0 Å². The largest absolute Gasteiger partial charge is 0.497 e. The number of fused-ring (bicyclic) bond motifs is 1. The van der Waals surface area contributed by atoms with Crippen LogP contribution in [0, 0.1) is 0 Å². The van der Waals surface area contributed by atoms with Gasteiger partial charge < -0.3 is 9.47 Å².